The zero-order chi connectivity index (χ0) is 16.1. The van der Waals surface area contributed by atoms with Gasteiger partial charge in [-0.05, 0) is 31.2 Å². The van der Waals surface area contributed by atoms with Gasteiger partial charge in [-0.15, -0.1) is 0 Å². The van der Waals surface area contributed by atoms with E-state index < -0.39 is 11.6 Å². The second-order valence-electron chi connectivity index (χ2n) is 4.91. The molecular weight excluding hydrogens is 336 g/mol. The first-order valence-corrected chi connectivity index (χ1v) is 6.85. The van der Waals surface area contributed by atoms with Gasteiger partial charge in [0.2, 0.25) is 0 Å². The van der Waals surface area contributed by atoms with Gasteiger partial charge in [0.1, 0.15) is 11.6 Å². The summed E-state index contributed by atoms with van der Waals surface area (Å²) in [4.78, 5) is 13.9. The predicted octanol–water partition coefficient (Wildman–Crippen LogP) is 3.56. The molecule has 2 rings (SSSR count). The summed E-state index contributed by atoms with van der Waals surface area (Å²) >= 11 is 0. The number of halogens is 2. The number of nitrogens with zero attached hydrogens (tertiary/aromatic N) is 1. The van der Waals surface area contributed by atoms with Crippen LogP contribution in [0.15, 0.2) is 42.5 Å². The van der Waals surface area contributed by atoms with Crippen LogP contribution in [0.5, 0.6) is 0 Å². The first kappa shape index (κ1) is 19.5. The quantitative estimate of drug-likeness (QED) is 0.770. The van der Waals surface area contributed by atoms with Crippen LogP contribution in [0.1, 0.15) is 15.9 Å². The van der Waals surface area contributed by atoms with Gasteiger partial charge in [0.15, 0.2) is 0 Å². The van der Waals surface area contributed by atoms with E-state index in [9.17, 15) is 13.6 Å². The van der Waals surface area contributed by atoms with Gasteiger partial charge in [0, 0.05) is 47.0 Å². The number of rotatable bonds is 5. The molecule has 0 aliphatic rings. The molecule has 0 atom stereocenters. The van der Waals surface area contributed by atoms with Gasteiger partial charge in [-0.25, -0.2) is 8.78 Å². The van der Waals surface area contributed by atoms with Crippen LogP contribution in [0.4, 0.5) is 14.5 Å². The average Bonchev–Trinajstić information content (AvgIpc) is 2.49. The Bertz CT molecular complexity index is 662. The van der Waals surface area contributed by atoms with Crippen molar-refractivity contribution in [3.05, 3.63) is 65.2 Å². The molecule has 6 heteroatoms. The van der Waals surface area contributed by atoms with E-state index in [4.69, 9.17) is 4.74 Å². The van der Waals surface area contributed by atoms with Crippen LogP contribution in [0, 0.1) is 18.6 Å². The molecule has 0 radical (unpaired) electrons. The third-order valence-electron chi connectivity index (χ3n) is 3.26. The topological polar surface area (TPSA) is 29.5 Å². The van der Waals surface area contributed by atoms with Crippen molar-refractivity contribution in [1.82, 2.24) is 0 Å². The third-order valence-corrected chi connectivity index (χ3v) is 3.26. The summed E-state index contributed by atoms with van der Waals surface area (Å²) in [5.74, 6) is -1.82. The van der Waals surface area contributed by atoms with Crippen LogP contribution in [0.3, 0.4) is 0 Å². The van der Waals surface area contributed by atoms with Gasteiger partial charge in [-0.3, -0.25) is 4.79 Å². The van der Waals surface area contributed by atoms with Gasteiger partial charge in [0.05, 0.1) is 12.3 Å². The van der Waals surface area contributed by atoms with E-state index in [1.165, 1.54) is 18.1 Å². The van der Waals surface area contributed by atoms with Crippen molar-refractivity contribution in [3.8, 4) is 0 Å². The minimum absolute atomic E-state index is 0. The number of carbonyl (C=O) groups is 1. The summed E-state index contributed by atoms with van der Waals surface area (Å²) in [5.41, 5.74) is 1.49. The van der Waals surface area contributed by atoms with Gasteiger partial charge in [0.25, 0.3) is 5.91 Å². The van der Waals surface area contributed by atoms with Crippen LogP contribution in [0.25, 0.3) is 0 Å². The fraction of sp³-hybridized carbons (Fsp3) is 0.235. The van der Waals surface area contributed by atoms with Crippen molar-refractivity contribution in [2.75, 3.05) is 25.2 Å². The predicted molar refractivity (Wildman–Crippen MR) is 81.1 cm³/mol. The Hall–Kier alpha value is -1.56. The van der Waals surface area contributed by atoms with Gasteiger partial charge in [-0.1, -0.05) is 17.7 Å². The van der Waals surface area contributed by atoms with Gasteiger partial charge < -0.3 is 9.64 Å². The first-order chi connectivity index (χ1) is 10.5. The Balaban J connectivity index is 0.00000264. The minimum atomic E-state index is -0.781. The molecular formula is C17H17F2NO2Ti. The molecule has 0 saturated heterocycles. The molecule has 0 aromatic heterocycles. The number of amides is 1. The van der Waals surface area contributed by atoms with Crippen LogP contribution in [-0.4, -0.2) is 26.2 Å². The SMILES string of the molecule is COCCN(C(=O)c1ccc(C)cc1)c1ccc(F)cc1F.[Ti]. The van der Waals surface area contributed by atoms with Crippen molar-refractivity contribution >= 4 is 11.6 Å². The molecule has 2 aromatic carbocycles. The van der Waals surface area contributed by atoms with E-state index in [-0.39, 0.29) is 46.5 Å². The fourth-order valence-electron chi connectivity index (χ4n) is 2.07. The Morgan fingerprint density at radius 3 is 2.35 bits per heavy atom. The number of hydrogen-bond donors (Lipinski definition) is 0. The number of aryl methyl sites for hydroxylation is 1. The van der Waals surface area contributed by atoms with Gasteiger partial charge >= 0.3 is 0 Å². The second kappa shape index (κ2) is 8.92. The summed E-state index contributed by atoms with van der Waals surface area (Å²) in [7, 11) is 1.50. The molecule has 0 N–H and O–H groups in total. The summed E-state index contributed by atoms with van der Waals surface area (Å²) in [6, 6.07) is 10.1. The second-order valence-corrected chi connectivity index (χ2v) is 4.91. The van der Waals surface area contributed by atoms with E-state index in [1.807, 2.05) is 19.1 Å². The third kappa shape index (κ3) is 4.96. The number of methoxy groups -OCH3 is 1. The van der Waals surface area contributed by atoms with E-state index in [2.05, 4.69) is 0 Å². The summed E-state index contributed by atoms with van der Waals surface area (Å²) in [6.07, 6.45) is 0. The molecule has 3 nitrogen and oxygen atoms in total. The molecule has 0 aliphatic carbocycles. The van der Waals surface area contributed by atoms with E-state index in [1.54, 1.807) is 12.1 Å². The van der Waals surface area contributed by atoms with Crippen LogP contribution in [-0.2, 0) is 26.5 Å². The zero-order valence-corrected chi connectivity index (χ0v) is 14.5. The standard InChI is InChI=1S/C17H17F2NO2.Ti/c1-12-3-5-13(6-4-12)17(21)20(9-10-22-2)16-8-7-14(18)11-15(16)19;/h3-8,11H,9-10H2,1-2H3;. The minimum Gasteiger partial charge on any atom is -0.383 e. The molecule has 1 amide bonds. The number of ether oxygens (including phenoxy) is 1. The van der Waals surface area contributed by atoms with Crippen LogP contribution in [0.2, 0.25) is 0 Å². The maximum absolute atomic E-state index is 14.0. The zero-order valence-electron chi connectivity index (χ0n) is 13.0. The molecule has 0 aliphatic heterocycles. The maximum atomic E-state index is 14.0. The van der Waals surface area contributed by atoms with Crippen molar-refractivity contribution in [1.29, 1.82) is 0 Å². The summed E-state index contributed by atoms with van der Waals surface area (Å²) in [5, 5.41) is 0. The molecule has 120 valence electrons. The molecule has 0 fully saturated rings. The van der Waals surface area contributed by atoms with Gasteiger partial charge in [-0.2, -0.15) is 0 Å². The average molecular weight is 353 g/mol. The molecule has 2 aromatic rings. The van der Waals surface area contributed by atoms with E-state index in [0.717, 1.165) is 17.7 Å². The normalized spacial score (nSPS) is 10.1. The summed E-state index contributed by atoms with van der Waals surface area (Å²) in [6.45, 7) is 2.33. The molecule has 0 heterocycles. The van der Waals surface area contributed by atoms with Crippen molar-refractivity contribution in [2.45, 2.75) is 6.92 Å². The number of hydrogen-bond acceptors (Lipinski definition) is 2. The largest absolute Gasteiger partial charge is 0.383 e. The van der Waals surface area contributed by atoms with Crippen LogP contribution >= 0.6 is 0 Å². The molecule has 0 spiro atoms. The molecule has 23 heavy (non-hydrogen) atoms. The Morgan fingerprint density at radius 1 is 1.13 bits per heavy atom. The Labute approximate surface area is 149 Å². The maximum Gasteiger partial charge on any atom is 0.258 e. The molecule has 0 saturated carbocycles. The fourth-order valence-corrected chi connectivity index (χ4v) is 2.07. The number of carbonyl (C=O) groups excluding carboxylic acids is 1. The Kier molecular flexibility index (Phi) is 7.56. The van der Waals surface area contributed by atoms with Crippen molar-refractivity contribution in [2.24, 2.45) is 0 Å². The summed E-state index contributed by atoms with van der Waals surface area (Å²) < 4.78 is 32.0. The molecule has 0 unspecified atom stereocenters. The monoisotopic (exact) mass is 353 g/mol. The van der Waals surface area contributed by atoms with E-state index in [0.29, 0.717) is 5.56 Å². The smallest absolute Gasteiger partial charge is 0.258 e. The van der Waals surface area contributed by atoms with Crippen molar-refractivity contribution < 1.29 is 40.0 Å². The number of anilines is 1. The van der Waals surface area contributed by atoms with Crippen LogP contribution < -0.4 is 4.90 Å². The van der Waals surface area contributed by atoms with E-state index >= 15 is 0 Å². The van der Waals surface area contributed by atoms with Crippen molar-refractivity contribution in [3.63, 3.8) is 0 Å². The Morgan fingerprint density at radius 2 is 1.78 bits per heavy atom. The first-order valence-electron chi connectivity index (χ1n) is 6.85. The molecule has 0 bridgehead atoms. The number of benzene rings is 2.